The molecular weight excluding hydrogens is 736 g/mol. The average Bonchev–Trinajstić information content (AvgIpc) is 2.85. The van der Waals surface area contributed by atoms with Gasteiger partial charge < -0.3 is 10.6 Å². The maximum atomic E-state index is 15.1. The molecule has 0 aliphatic rings. The zero-order valence-corrected chi connectivity index (χ0v) is 23.2. The predicted molar refractivity (Wildman–Crippen MR) is 133 cm³/mol. The number of carbonyl (C=O) groups excluding carboxylic acids is 2. The Morgan fingerprint density at radius 3 is 1.88 bits per heavy atom. The number of hydrogen-bond donors (Lipinski definition) is 2. The van der Waals surface area contributed by atoms with Crippen LogP contribution in [0.15, 0.2) is 57.6 Å². The molecule has 3 rings (SSSR count). The van der Waals surface area contributed by atoms with E-state index in [1.807, 2.05) is 5.32 Å². The van der Waals surface area contributed by atoms with Crippen LogP contribution in [0.2, 0.25) is 5.15 Å². The molecule has 41 heavy (non-hydrogen) atoms. The molecule has 1 unspecified atom stereocenters. The number of amides is 2. The van der Waals surface area contributed by atoms with Crippen LogP contribution in [0.5, 0.6) is 0 Å². The number of rotatable bonds is 6. The van der Waals surface area contributed by atoms with Crippen molar-refractivity contribution in [1.29, 1.82) is 0 Å². The maximum absolute atomic E-state index is 15.1. The first-order valence-corrected chi connectivity index (χ1v) is 12.4. The Kier molecular flexibility index (Phi) is 9.06. The number of alkyl halides is 9. The van der Waals surface area contributed by atoms with Crippen LogP contribution in [-0.2, 0) is 5.67 Å². The standard InChI is InChI=1S/C23H10Br2ClF10N3O2/c24-12-6-10(20(28,22(31,32)33)21(29,30)23(34,35)36)7-13(25)17(12)39-19(41)11-2-1-3-14(16(11)27)38-18(40)9-4-5-15(26)37-8-9/h1-8H,(H,38,40)(H,39,41). The summed E-state index contributed by atoms with van der Waals surface area (Å²) in [6.45, 7) is 0. The van der Waals surface area contributed by atoms with Crippen molar-refractivity contribution in [2.24, 2.45) is 0 Å². The summed E-state index contributed by atoms with van der Waals surface area (Å²) in [7, 11) is 0. The summed E-state index contributed by atoms with van der Waals surface area (Å²) in [5.41, 5.74) is -10.2. The van der Waals surface area contributed by atoms with Crippen LogP contribution in [0.1, 0.15) is 26.3 Å². The molecule has 0 saturated carbocycles. The fourth-order valence-electron chi connectivity index (χ4n) is 3.30. The molecule has 1 atom stereocenters. The third-order valence-electron chi connectivity index (χ3n) is 5.34. The molecule has 0 aliphatic heterocycles. The molecule has 2 aromatic carbocycles. The highest BCUT2D eigenvalue weighted by atomic mass is 79.9. The second kappa shape index (κ2) is 11.4. The van der Waals surface area contributed by atoms with Gasteiger partial charge in [0, 0.05) is 20.7 Å². The number of benzene rings is 2. The van der Waals surface area contributed by atoms with Crippen LogP contribution in [-0.4, -0.2) is 35.1 Å². The quantitative estimate of drug-likeness (QED) is 0.196. The monoisotopic (exact) mass is 743 g/mol. The van der Waals surface area contributed by atoms with Crippen LogP contribution in [0.25, 0.3) is 0 Å². The summed E-state index contributed by atoms with van der Waals surface area (Å²) in [5.74, 6) is -10.3. The minimum absolute atomic E-state index is 0.0319. The highest BCUT2D eigenvalue weighted by Crippen LogP contribution is 2.59. The Balaban J connectivity index is 1.96. The summed E-state index contributed by atoms with van der Waals surface area (Å²) in [6, 6.07) is 5.62. The Morgan fingerprint density at radius 2 is 1.39 bits per heavy atom. The maximum Gasteiger partial charge on any atom is 0.457 e. The number of pyridine rings is 1. The Labute approximate surface area is 244 Å². The molecule has 0 spiro atoms. The molecular formula is C23H10Br2ClF10N3O2. The lowest BCUT2D eigenvalue weighted by atomic mass is 9.87. The van der Waals surface area contributed by atoms with Crippen molar-refractivity contribution < 1.29 is 53.5 Å². The van der Waals surface area contributed by atoms with Gasteiger partial charge in [-0.2, -0.15) is 35.1 Å². The van der Waals surface area contributed by atoms with E-state index >= 15 is 4.39 Å². The topological polar surface area (TPSA) is 71.1 Å². The van der Waals surface area contributed by atoms with Gasteiger partial charge in [0.2, 0.25) is 0 Å². The van der Waals surface area contributed by atoms with E-state index in [2.05, 4.69) is 42.2 Å². The van der Waals surface area contributed by atoms with Crippen molar-refractivity contribution >= 4 is 66.6 Å². The molecule has 0 radical (unpaired) electrons. The van der Waals surface area contributed by atoms with Crippen LogP contribution in [0, 0.1) is 5.82 Å². The molecule has 2 N–H and O–H groups in total. The SMILES string of the molecule is O=C(Nc1cccc(C(=O)Nc2c(Br)cc(C(F)(C(F)(F)F)C(F)(F)C(F)(F)F)cc2Br)c1F)c1ccc(Cl)nc1. The Morgan fingerprint density at radius 1 is 0.805 bits per heavy atom. The molecule has 2 amide bonds. The molecule has 220 valence electrons. The van der Waals surface area contributed by atoms with Gasteiger partial charge in [0.25, 0.3) is 11.8 Å². The van der Waals surface area contributed by atoms with Gasteiger partial charge in [-0.25, -0.2) is 13.8 Å². The van der Waals surface area contributed by atoms with Gasteiger partial charge in [-0.15, -0.1) is 0 Å². The molecule has 0 aliphatic carbocycles. The van der Waals surface area contributed by atoms with Gasteiger partial charge in [-0.05, 0) is 68.3 Å². The van der Waals surface area contributed by atoms with Crippen molar-refractivity contribution in [2.45, 2.75) is 23.9 Å². The van der Waals surface area contributed by atoms with Crippen molar-refractivity contribution in [3.05, 3.63) is 85.3 Å². The second-order valence-electron chi connectivity index (χ2n) is 7.99. The zero-order chi connectivity index (χ0) is 31.1. The lowest BCUT2D eigenvalue weighted by Gasteiger charge is -2.36. The van der Waals surface area contributed by atoms with Gasteiger partial charge in [0.05, 0.1) is 22.5 Å². The lowest BCUT2D eigenvalue weighted by molar-refractivity contribution is -0.389. The molecule has 0 bridgehead atoms. The summed E-state index contributed by atoms with van der Waals surface area (Å²) in [5, 5.41) is 4.27. The summed E-state index contributed by atoms with van der Waals surface area (Å²) in [6.07, 6.45) is -12.6. The van der Waals surface area contributed by atoms with E-state index in [9.17, 15) is 49.1 Å². The number of nitrogens with zero attached hydrogens (tertiary/aromatic N) is 1. The van der Waals surface area contributed by atoms with Crippen LogP contribution < -0.4 is 10.6 Å². The molecule has 1 heterocycles. The van der Waals surface area contributed by atoms with Crippen molar-refractivity contribution in [1.82, 2.24) is 4.98 Å². The number of hydrogen-bond acceptors (Lipinski definition) is 3. The smallest absolute Gasteiger partial charge is 0.320 e. The van der Waals surface area contributed by atoms with Crippen molar-refractivity contribution in [3.63, 3.8) is 0 Å². The first-order chi connectivity index (χ1) is 18.7. The van der Waals surface area contributed by atoms with Gasteiger partial charge in [0.15, 0.2) is 5.82 Å². The summed E-state index contributed by atoms with van der Waals surface area (Å²) < 4.78 is 135. The normalized spacial score (nSPS) is 13.9. The van der Waals surface area contributed by atoms with Crippen LogP contribution in [0.4, 0.5) is 55.3 Å². The van der Waals surface area contributed by atoms with Crippen LogP contribution >= 0.6 is 43.5 Å². The summed E-state index contributed by atoms with van der Waals surface area (Å²) in [4.78, 5) is 28.8. The Hall–Kier alpha value is -2.92. The van der Waals surface area contributed by atoms with Crippen molar-refractivity contribution in [2.75, 3.05) is 10.6 Å². The number of halogens is 13. The molecule has 5 nitrogen and oxygen atoms in total. The Bertz CT molecular complexity index is 1480. The third kappa shape index (κ3) is 6.16. The molecule has 1 aromatic heterocycles. The minimum atomic E-state index is -6.94. The largest absolute Gasteiger partial charge is 0.457 e. The number of anilines is 2. The van der Waals surface area contributed by atoms with E-state index in [0.29, 0.717) is 0 Å². The highest BCUT2D eigenvalue weighted by molar-refractivity contribution is 9.11. The van der Waals surface area contributed by atoms with E-state index < -0.39 is 73.0 Å². The number of nitrogens with one attached hydrogen (secondary N) is 2. The first-order valence-electron chi connectivity index (χ1n) is 10.4. The molecule has 18 heteroatoms. The van der Waals surface area contributed by atoms with E-state index in [4.69, 9.17) is 11.6 Å². The lowest BCUT2D eigenvalue weighted by Crippen LogP contribution is -2.59. The minimum Gasteiger partial charge on any atom is -0.320 e. The third-order valence-corrected chi connectivity index (χ3v) is 6.81. The zero-order valence-electron chi connectivity index (χ0n) is 19.3. The van der Waals surface area contributed by atoms with Gasteiger partial charge >= 0.3 is 23.9 Å². The van der Waals surface area contributed by atoms with Crippen LogP contribution in [0.3, 0.4) is 0 Å². The first kappa shape index (κ1) is 32.6. The fraction of sp³-hybridized carbons (Fsp3) is 0.174. The molecule has 0 fully saturated rings. The van der Waals surface area contributed by atoms with Crippen molar-refractivity contribution in [3.8, 4) is 0 Å². The van der Waals surface area contributed by atoms with Gasteiger partial charge in [0.1, 0.15) is 5.15 Å². The fourth-order valence-corrected chi connectivity index (χ4v) is 4.80. The molecule has 3 aromatic rings. The average molecular weight is 746 g/mol. The van der Waals surface area contributed by atoms with E-state index in [0.717, 1.165) is 24.4 Å². The van der Waals surface area contributed by atoms with E-state index in [1.54, 1.807) is 0 Å². The predicted octanol–water partition coefficient (Wildman–Crippen LogP) is 8.83. The molecule has 0 saturated heterocycles. The summed E-state index contributed by atoms with van der Waals surface area (Å²) >= 11 is 10.8. The second-order valence-corrected chi connectivity index (χ2v) is 10.1. The van der Waals surface area contributed by atoms with Gasteiger partial charge in [-0.1, -0.05) is 17.7 Å². The van der Waals surface area contributed by atoms with Gasteiger partial charge in [-0.3, -0.25) is 9.59 Å². The number of aromatic nitrogens is 1. The van der Waals surface area contributed by atoms with E-state index in [-0.39, 0.29) is 22.8 Å². The van der Waals surface area contributed by atoms with E-state index in [1.165, 1.54) is 12.1 Å². The highest BCUT2D eigenvalue weighted by Gasteiger charge is 2.81. The number of carbonyl (C=O) groups is 2.